The summed E-state index contributed by atoms with van der Waals surface area (Å²) >= 11 is 3.38. The molecule has 0 radical (unpaired) electrons. The highest BCUT2D eigenvalue weighted by molar-refractivity contribution is 9.10. The summed E-state index contributed by atoms with van der Waals surface area (Å²) < 4.78 is 2.73. The molecule has 5 nitrogen and oxygen atoms in total. The van der Waals surface area contributed by atoms with Gasteiger partial charge in [0.15, 0.2) is 0 Å². The summed E-state index contributed by atoms with van der Waals surface area (Å²) in [6.07, 6.45) is 5.06. The highest BCUT2D eigenvalue weighted by Gasteiger charge is 2.33. The summed E-state index contributed by atoms with van der Waals surface area (Å²) in [6, 6.07) is 1.07. The van der Waals surface area contributed by atoms with Crippen LogP contribution in [0.2, 0.25) is 0 Å². The number of nitrogens with zero attached hydrogens (tertiary/aromatic N) is 2. The van der Waals surface area contributed by atoms with E-state index >= 15 is 0 Å². The molecular formula is C14H19BrN2O3. The molecule has 1 aromatic rings. The molecular weight excluding hydrogens is 324 g/mol. The zero-order valence-electron chi connectivity index (χ0n) is 11.5. The monoisotopic (exact) mass is 342 g/mol. The molecule has 0 saturated carbocycles. The number of hydrogen-bond donors (Lipinski definition) is 1. The molecule has 0 unspecified atom stereocenters. The number of aryl methyl sites for hydroxylation is 1. The number of aromatic nitrogens is 1. The van der Waals surface area contributed by atoms with E-state index in [4.69, 9.17) is 0 Å². The molecule has 110 valence electrons. The standard InChI is InChI=1S/C14H19BrN2O3/c1-2-6-16-9-10(15)8-12(16)13(18)17-7-4-3-5-11(17)14(19)20/h8-9,11H,2-7H2,1H3,(H,19,20)/t11-/m0/s1. The van der Waals surface area contributed by atoms with Crippen molar-refractivity contribution >= 4 is 27.8 Å². The van der Waals surface area contributed by atoms with Gasteiger partial charge in [-0.25, -0.2) is 4.79 Å². The summed E-state index contributed by atoms with van der Waals surface area (Å²) in [7, 11) is 0. The lowest BCUT2D eigenvalue weighted by Gasteiger charge is -2.33. The van der Waals surface area contributed by atoms with Gasteiger partial charge in [0.05, 0.1) is 0 Å². The summed E-state index contributed by atoms with van der Waals surface area (Å²) in [5, 5.41) is 9.27. The second-order valence-corrected chi connectivity index (χ2v) is 6.00. The van der Waals surface area contributed by atoms with Gasteiger partial charge in [-0.1, -0.05) is 6.92 Å². The number of carbonyl (C=O) groups is 2. The summed E-state index contributed by atoms with van der Waals surface area (Å²) in [5.41, 5.74) is 0.562. The summed E-state index contributed by atoms with van der Waals surface area (Å²) in [6.45, 7) is 3.31. The minimum atomic E-state index is -0.911. The Balaban J connectivity index is 2.27. The molecule has 0 aliphatic carbocycles. The van der Waals surface area contributed by atoms with Crippen molar-refractivity contribution < 1.29 is 14.7 Å². The van der Waals surface area contributed by atoms with Crippen LogP contribution in [0.15, 0.2) is 16.7 Å². The molecule has 1 amide bonds. The molecule has 1 aliphatic rings. The third-order valence-electron chi connectivity index (χ3n) is 3.60. The van der Waals surface area contributed by atoms with Crippen LogP contribution >= 0.6 is 15.9 Å². The Bertz CT molecular complexity index is 513. The Morgan fingerprint density at radius 3 is 2.85 bits per heavy atom. The molecule has 1 N–H and O–H groups in total. The van der Waals surface area contributed by atoms with Crippen molar-refractivity contribution in [2.24, 2.45) is 0 Å². The lowest BCUT2D eigenvalue weighted by Crippen LogP contribution is -2.48. The van der Waals surface area contributed by atoms with Gasteiger partial charge >= 0.3 is 5.97 Å². The molecule has 20 heavy (non-hydrogen) atoms. The van der Waals surface area contributed by atoms with Crippen LogP contribution in [0.5, 0.6) is 0 Å². The number of hydrogen-bond acceptors (Lipinski definition) is 2. The second-order valence-electron chi connectivity index (χ2n) is 5.09. The van der Waals surface area contributed by atoms with Crippen molar-refractivity contribution in [1.82, 2.24) is 9.47 Å². The van der Waals surface area contributed by atoms with E-state index in [9.17, 15) is 14.7 Å². The quantitative estimate of drug-likeness (QED) is 0.914. The van der Waals surface area contributed by atoms with Crippen molar-refractivity contribution in [2.45, 2.75) is 45.2 Å². The van der Waals surface area contributed by atoms with Crippen LogP contribution in [-0.2, 0) is 11.3 Å². The fourth-order valence-corrected chi connectivity index (χ4v) is 3.12. The van der Waals surface area contributed by atoms with Crippen LogP contribution in [0.4, 0.5) is 0 Å². The van der Waals surface area contributed by atoms with Gasteiger partial charge in [0.1, 0.15) is 11.7 Å². The van der Waals surface area contributed by atoms with Gasteiger partial charge in [0.25, 0.3) is 5.91 Å². The Morgan fingerprint density at radius 2 is 2.20 bits per heavy atom. The van der Waals surface area contributed by atoms with Crippen molar-refractivity contribution in [2.75, 3.05) is 6.54 Å². The first-order chi connectivity index (χ1) is 9.54. The van der Waals surface area contributed by atoms with Crippen LogP contribution in [0.3, 0.4) is 0 Å². The van der Waals surface area contributed by atoms with Gasteiger partial charge in [-0.15, -0.1) is 0 Å². The maximum atomic E-state index is 12.6. The molecule has 0 spiro atoms. The fourth-order valence-electron chi connectivity index (χ4n) is 2.66. The number of amides is 1. The van der Waals surface area contributed by atoms with Crippen LogP contribution in [-0.4, -0.2) is 39.0 Å². The molecule has 1 fully saturated rings. The number of carboxylic acid groups (broad SMARTS) is 1. The zero-order valence-corrected chi connectivity index (χ0v) is 13.1. The SMILES string of the molecule is CCCn1cc(Br)cc1C(=O)N1CCCC[C@H]1C(=O)O. The predicted molar refractivity (Wildman–Crippen MR) is 78.7 cm³/mol. The number of rotatable bonds is 4. The Labute approximate surface area is 126 Å². The van der Waals surface area contributed by atoms with Crippen molar-refractivity contribution in [3.8, 4) is 0 Å². The largest absolute Gasteiger partial charge is 0.480 e. The van der Waals surface area contributed by atoms with E-state index in [1.165, 1.54) is 4.90 Å². The first kappa shape index (κ1) is 15.1. The normalized spacial score (nSPS) is 19.1. The number of aliphatic carboxylic acids is 1. The van der Waals surface area contributed by atoms with E-state index < -0.39 is 12.0 Å². The molecule has 1 atom stereocenters. The smallest absolute Gasteiger partial charge is 0.326 e. The topological polar surface area (TPSA) is 62.5 Å². The van der Waals surface area contributed by atoms with Crippen molar-refractivity contribution in [3.63, 3.8) is 0 Å². The van der Waals surface area contributed by atoms with E-state index in [0.717, 1.165) is 30.3 Å². The molecule has 0 aromatic carbocycles. The van der Waals surface area contributed by atoms with Crippen molar-refractivity contribution in [3.05, 3.63) is 22.4 Å². The second kappa shape index (κ2) is 6.43. The molecule has 0 bridgehead atoms. The van der Waals surface area contributed by atoms with Gasteiger partial charge in [0.2, 0.25) is 0 Å². The van der Waals surface area contributed by atoms with Gasteiger partial charge in [-0.3, -0.25) is 4.79 Å². The van der Waals surface area contributed by atoms with Gasteiger partial charge in [0, 0.05) is 23.8 Å². The molecule has 1 aliphatic heterocycles. The van der Waals surface area contributed by atoms with Crippen LogP contribution < -0.4 is 0 Å². The molecule has 1 saturated heterocycles. The number of halogens is 1. The van der Waals surface area contributed by atoms with E-state index in [0.29, 0.717) is 18.7 Å². The molecule has 1 aromatic heterocycles. The molecule has 6 heteroatoms. The predicted octanol–water partition coefficient (Wildman–Crippen LogP) is 2.74. The average molecular weight is 343 g/mol. The third-order valence-corrected chi connectivity index (χ3v) is 4.03. The fraction of sp³-hybridized carbons (Fsp3) is 0.571. The average Bonchev–Trinajstić information content (AvgIpc) is 2.79. The highest BCUT2D eigenvalue weighted by atomic mass is 79.9. The van der Waals surface area contributed by atoms with Crippen LogP contribution in [0.25, 0.3) is 0 Å². The lowest BCUT2D eigenvalue weighted by atomic mass is 10.0. The highest BCUT2D eigenvalue weighted by Crippen LogP contribution is 2.23. The van der Waals surface area contributed by atoms with E-state index in [-0.39, 0.29) is 5.91 Å². The number of carbonyl (C=O) groups excluding carboxylic acids is 1. The lowest BCUT2D eigenvalue weighted by molar-refractivity contribution is -0.143. The third kappa shape index (κ3) is 3.06. The minimum absolute atomic E-state index is 0.184. The van der Waals surface area contributed by atoms with Crippen LogP contribution in [0, 0.1) is 0 Å². The van der Waals surface area contributed by atoms with Crippen LogP contribution in [0.1, 0.15) is 43.1 Å². The maximum absolute atomic E-state index is 12.6. The summed E-state index contributed by atoms with van der Waals surface area (Å²) in [4.78, 5) is 25.5. The Hall–Kier alpha value is -1.30. The van der Waals surface area contributed by atoms with Gasteiger partial charge < -0.3 is 14.6 Å². The Morgan fingerprint density at radius 1 is 1.45 bits per heavy atom. The first-order valence-electron chi connectivity index (χ1n) is 6.94. The van der Waals surface area contributed by atoms with E-state index in [2.05, 4.69) is 15.9 Å². The first-order valence-corrected chi connectivity index (χ1v) is 7.73. The number of piperidine rings is 1. The zero-order chi connectivity index (χ0) is 14.7. The van der Waals surface area contributed by atoms with Gasteiger partial charge in [-0.2, -0.15) is 0 Å². The van der Waals surface area contributed by atoms with Gasteiger partial charge in [-0.05, 0) is 47.7 Å². The maximum Gasteiger partial charge on any atom is 0.326 e. The number of carboxylic acids is 1. The number of likely N-dealkylation sites (tertiary alicyclic amines) is 1. The Kier molecular flexibility index (Phi) is 4.86. The minimum Gasteiger partial charge on any atom is -0.480 e. The molecule has 2 heterocycles. The van der Waals surface area contributed by atoms with Crippen molar-refractivity contribution in [1.29, 1.82) is 0 Å². The van der Waals surface area contributed by atoms with E-state index in [1.807, 2.05) is 17.7 Å². The van der Waals surface area contributed by atoms with E-state index in [1.54, 1.807) is 6.07 Å². The summed E-state index contributed by atoms with van der Waals surface area (Å²) in [5.74, 6) is -1.10. The molecule has 2 rings (SSSR count).